The minimum Gasteiger partial charge on any atom is -0.497 e. The number of likely N-dealkylation sites (N-methyl/N-ethyl adjacent to an activating group) is 3. The molecular formula is C40H46N6O8. The van der Waals surface area contributed by atoms with Gasteiger partial charge in [-0.2, -0.15) is 0 Å². The summed E-state index contributed by atoms with van der Waals surface area (Å²) in [7, 11) is 7.89. The summed E-state index contributed by atoms with van der Waals surface area (Å²) < 4.78 is 23.4. The van der Waals surface area contributed by atoms with Gasteiger partial charge in [-0.05, 0) is 73.9 Å². The van der Waals surface area contributed by atoms with Crippen molar-refractivity contribution in [3.05, 3.63) is 95.0 Å². The van der Waals surface area contributed by atoms with Crippen LogP contribution in [0.3, 0.4) is 0 Å². The van der Waals surface area contributed by atoms with Gasteiger partial charge in [-0.15, -0.1) is 0 Å². The molecule has 1 aromatic heterocycles. The van der Waals surface area contributed by atoms with Crippen LogP contribution in [-0.2, 0) is 32.0 Å². The molecule has 3 aromatic carbocycles. The molecule has 5 atom stereocenters. The number of hydrogen-bond donors (Lipinski definition) is 2. The highest BCUT2D eigenvalue weighted by Crippen LogP contribution is 2.35. The molecule has 8 bridgehead atoms. The van der Waals surface area contributed by atoms with Crippen LogP contribution in [0.1, 0.15) is 54.2 Å². The van der Waals surface area contributed by atoms with E-state index >= 15 is 0 Å². The number of carbonyl (C=O) groups excluding carboxylic acids is 4. The van der Waals surface area contributed by atoms with Crippen LogP contribution < -0.4 is 29.7 Å². The van der Waals surface area contributed by atoms with Gasteiger partial charge in [-0.1, -0.05) is 30.3 Å². The molecule has 54 heavy (non-hydrogen) atoms. The third-order valence-corrected chi connectivity index (χ3v) is 10.1. The number of oxazole rings is 1. The van der Waals surface area contributed by atoms with Gasteiger partial charge in [0.2, 0.25) is 35.4 Å². The number of carbonyl (C=O) groups is 4. The number of nitrogens with one attached hydrogen (secondary N) is 2. The highest BCUT2D eigenvalue weighted by atomic mass is 16.5. The number of nitrogens with zero attached hydrogens (tertiary/aromatic N) is 4. The lowest BCUT2D eigenvalue weighted by Crippen LogP contribution is -2.58. The summed E-state index contributed by atoms with van der Waals surface area (Å²) in [5, 5.41) is 5.89. The van der Waals surface area contributed by atoms with Crippen molar-refractivity contribution in [3.63, 3.8) is 0 Å². The van der Waals surface area contributed by atoms with E-state index in [9.17, 15) is 19.2 Å². The van der Waals surface area contributed by atoms with Crippen LogP contribution in [0.5, 0.6) is 23.0 Å². The highest BCUT2D eigenvalue weighted by Gasteiger charge is 2.39. The molecule has 4 amide bonds. The lowest BCUT2D eigenvalue weighted by Gasteiger charge is -2.36. The zero-order valence-electron chi connectivity index (χ0n) is 31.7. The van der Waals surface area contributed by atoms with Crippen molar-refractivity contribution in [1.82, 2.24) is 25.4 Å². The van der Waals surface area contributed by atoms with Crippen molar-refractivity contribution in [2.45, 2.75) is 63.8 Å². The van der Waals surface area contributed by atoms with E-state index < -0.39 is 53.8 Å². The lowest BCUT2D eigenvalue weighted by atomic mass is 9.99. The molecule has 14 nitrogen and oxygen atoms in total. The van der Waals surface area contributed by atoms with E-state index in [1.807, 2.05) is 18.2 Å². The van der Waals surface area contributed by atoms with Gasteiger partial charge in [0.05, 0.1) is 14.2 Å². The minimum atomic E-state index is -1.04. The fourth-order valence-electron chi connectivity index (χ4n) is 6.94. The van der Waals surface area contributed by atoms with E-state index in [0.29, 0.717) is 45.7 Å². The Hall–Kier alpha value is -6.05. The Balaban J connectivity index is 1.48. The Bertz CT molecular complexity index is 2030. The first-order valence-electron chi connectivity index (χ1n) is 17.7. The summed E-state index contributed by atoms with van der Waals surface area (Å²) in [6.07, 6.45) is 0.235. The number of methoxy groups -OCH3 is 2. The van der Waals surface area contributed by atoms with Gasteiger partial charge in [-0.25, -0.2) is 4.98 Å². The smallest absolute Gasteiger partial charge is 0.248 e. The predicted octanol–water partition coefficient (Wildman–Crippen LogP) is 4.12. The van der Waals surface area contributed by atoms with E-state index in [2.05, 4.69) is 15.6 Å². The molecule has 284 valence electrons. The van der Waals surface area contributed by atoms with Crippen LogP contribution >= 0.6 is 0 Å². The van der Waals surface area contributed by atoms with Crippen molar-refractivity contribution in [2.24, 2.45) is 0 Å². The van der Waals surface area contributed by atoms with E-state index in [1.54, 1.807) is 103 Å². The molecule has 7 rings (SSSR count). The molecule has 2 N–H and O–H groups in total. The second kappa shape index (κ2) is 15.5. The van der Waals surface area contributed by atoms with Crippen LogP contribution in [0.2, 0.25) is 0 Å². The monoisotopic (exact) mass is 738 g/mol. The largest absolute Gasteiger partial charge is 0.497 e. The lowest BCUT2D eigenvalue weighted by molar-refractivity contribution is -0.148. The van der Waals surface area contributed by atoms with Crippen molar-refractivity contribution in [2.75, 3.05) is 40.3 Å². The Morgan fingerprint density at radius 2 is 1.35 bits per heavy atom. The average molecular weight is 739 g/mol. The minimum absolute atomic E-state index is 0.109. The second-order valence-corrected chi connectivity index (χ2v) is 13.8. The first-order chi connectivity index (χ1) is 25.8. The Labute approximate surface area is 314 Å². The summed E-state index contributed by atoms with van der Waals surface area (Å²) >= 11 is 0. The van der Waals surface area contributed by atoms with Gasteiger partial charge < -0.3 is 44.0 Å². The van der Waals surface area contributed by atoms with E-state index in [4.69, 9.17) is 18.6 Å². The number of rotatable bonds is 3. The SMILES string of the molecule is COc1ccc([C@H]2C(=O)N[C@@H](C)C(=O)N(C)[C@H]3Cc4ccc(cc4)Oc4cc(ccc4OC)C[C@@H](C(=O)N[C@H](C)c4nc(C)c(o4)N2C)N(C)C3=O)cc1. The van der Waals surface area contributed by atoms with Gasteiger partial charge in [0, 0.05) is 34.0 Å². The third kappa shape index (κ3) is 7.54. The van der Waals surface area contributed by atoms with Crippen LogP contribution in [0.15, 0.2) is 71.1 Å². The number of aryl methyl sites for hydroxylation is 1. The van der Waals surface area contributed by atoms with E-state index in [-0.39, 0.29) is 18.7 Å². The maximum Gasteiger partial charge on any atom is 0.248 e. The van der Waals surface area contributed by atoms with Crippen molar-refractivity contribution in [3.8, 4) is 23.0 Å². The quantitative estimate of drug-likeness (QED) is 0.314. The van der Waals surface area contributed by atoms with E-state index in [0.717, 1.165) is 5.56 Å². The van der Waals surface area contributed by atoms with Crippen LogP contribution in [0.4, 0.5) is 5.88 Å². The normalized spacial score (nSPS) is 22.6. The predicted molar refractivity (Wildman–Crippen MR) is 200 cm³/mol. The maximum absolute atomic E-state index is 14.7. The van der Waals surface area contributed by atoms with Crippen molar-refractivity contribution in [1.29, 1.82) is 0 Å². The van der Waals surface area contributed by atoms with Crippen LogP contribution in [0.25, 0.3) is 0 Å². The number of ether oxygens (including phenoxy) is 3. The molecular weight excluding hydrogens is 692 g/mol. The topological polar surface area (TPSA) is 156 Å². The van der Waals surface area contributed by atoms with Gasteiger partial charge >= 0.3 is 0 Å². The maximum atomic E-state index is 14.7. The van der Waals surface area contributed by atoms with Crippen LogP contribution in [-0.4, -0.2) is 91.9 Å². The van der Waals surface area contributed by atoms with Crippen molar-refractivity contribution < 1.29 is 37.8 Å². The molecule has 3 aliphatic heterocycles. The Morgan fingerprint density at radius 1 is 0.722 bits per heavy atom. The highest BCUT2D eigenvalue weighted by molar-refractivity contribution is 5.95. The number of benzene rings is 3. The molecule has 0 fully saturated rings. The third-order valence-electron chi connectivity index (χ3n) is 10.1. The number of fused-ring (bicyclic) bond motifs is 4. The number of amides is 4. The number of anilines is 1. The average Bonchev–Trinajstić information content (AvgIpc) is 3.56. The summed E-state index contributed by atoms with van der Waals surface area (Å²) in [4.78, 5) is 66.5. The van der Waals surface area contributed by atoms with Gasteiger partial charge in [0.15, 0.2) is 11.5 Å². The number of hydrogen-bond acceptors (Lipinski definition) is 10. The van der Waals surface area contributed by atoms with Gasteiger partial charge in [0.1, 0.15) is 47.4 Å². The molecule has 0 aliphatic carbocycles. The molecule has 0 saturated heterocycles. The molecule has 0 saturated carbocycles. The zero-order chi connectivity index (χ0) is 38.8. The van der Waals surface area contributed by atoms with E-state index in [1.165, 1.54) is 16.8 Å². The summed E-state index contributed by atoms with van der Waals surface area (Å²) in [6.45, 7) is 5.06. The van der Waals surface area contributed by atoms with Gasteiger partial charge in [0.25, 0.3) is 0 Å². The Morgan fingerprint density at radius 3 is 2.02 bits per heavy atom. The standard InChI is InChI=1S/C40H46N6O8/c1-22-37-43-24(3)40(54-37)46(6)34(27-12-16-28(51-7)17-13-27)36(48)42-23(2)38(49)45(5)31-19-25-9-14-29(15-10-25)53-33-21-26(11-18-32(33)52-8)20-30(35(47)41-22)44(4)39(31)50/h9-18,21-23,30-31,34H,19-20H2,1-8H3,(H,41,47)(H,42,48)/t22-,23+,30+,31+,34+/m1/s1. The molecule has 0 spiro atoms. The summed E-state index contributed by atoms with van der Waals surface area (Å²) in [5.74, 6) is 0.704. The fraction of sp³-hybridized carbons (Fsp3) is 0.375. The second-order valence-electron chi connectivity index (χ2n) is 13.8. The fourth-order valence-corrected chi connectivity index (χ4v) is 6.94. The summed E-state index contributed by atoms with van der Waals surface area (Å²) in [6, 6.07) is 14.8. The molecule has 0 radical (unpaired) electrons. The summed E-state index contributed by atoms with van der Waals surface area (Å²) in [5.41, 5.74) is 2.54. The Kier molecular flexibility index (Phi) is 10.8. The molecule has 4 heterocycles. The number of aromatic nitrogens is 1. The molecule has 3 aliphatic rings. The van der Waals surface area contributed by atoms with Gasteiger partial charge in [-0.3, -0.25) is 19.2 Å². The zero-order valence-corrected chi connectivity index (χ0v) is 31.7. The van der Waals surface area contributed by atoms with Crippen LogP contribution in [0, 0.1) is 6.92 Å². The molecule has 4 aromatic rings. The first-order valence-corrected chi connectivity index (χ1v) is 17.7. The molecule has 0 unspecified atom stereocenters. The van der Waals surface area contributed by atoms with Crippen molar-refractivity contribution >= 4 is 29.5 Å². The first kappa shape index (κ1) is 37.7. The molecule has 14 heteroatoms.